The standard InChI is InChI=1S/C13H12FNO7S/c14-23(21,22)6-7-1-11(16)15(5-7)10-3-8(12(17)18)2-9(4-10)13(19)20/h2-4,7H,1,5-6H2,(H,17,18)(H,19,20). The third-order valence-electron chi connectivity index (χ3n) is 3.36. The summed E-state index contributed by atoms with van der Waals surface area (Å²) in [6, 6.07) is 3.16. The van der Waals surface area contributed by atoms with Gasteiger partial charge in [0.1, 0.15) is 0 Å². The van der Waals surface area contributed by atoms with Crippen LogP contribution in [0.4, 0.5) is 9.57 Å². The topological polar surface area (TPSA) is 129 Å². The Bertz CT molecular complexity index is 757. The van der Waals surface area contributed by atoms with Crippen LogP contribution >= 0.6 is 0 Å². The predicted molar refractivity (Wildman–Crippen MR) is 75.7 cm³/mol. The number of rotatable bonds is 5. The third-order valence-corrected chi connectivity index (χ3v) is 4.23. The van der Waals surface area contributed by atoms with Gasteiger partial charge in [0.25, 0.3) is 0 Å². The minimum atomic E-state index is -4.75. The van der Waals surface area contributed by atoms with Crippen molar-refractivity contribution in [3.8, 4) is 0 Å². The van der Waals surface area contributed by atoms with Gasteiger partial charge in [-0.1, -0.05) is 0 Å². The van der Waals surface area contributed by atoms with E-state index < -0.39 is 39.7 Å². The zero-order chi connectivity index (χ0) is 17.4. The predicted octanol–water partition coefficient (Wildman–Crippen LogP) is 0.735. The van der Waals surface area contributed by atoms with Crippen molar-refractivity contribution in [1.29, 1.82) is 0 Å². The van der Waals surface area contributed by atoms with Crippen LogP contribution in [0.25, 0.3) is 0 Å². The van der Waals surface area contributed by atoms with Crippen LogP contribution in [0.3, 0.4) is 0 Å². The first-order valence-electron chi connectivity index (χ1n) is 6.41. The van der Waals surface area contributed by atoms with Gasteiger partial charge in [0.05, 0.1) is 16.9 Å². The first kappa shape index (κ1) is 16.9. The first-order valence-corrected chi connectivity index (χ1v) is 7.96. The van der Waals surface area contributed by atoms with Gasteiger partial charge < -0.3 is 15.1 Å². The highest BCUT2D eigenvalue weighted by Crippen LogP contribution is 2.28. The molecule has 1 aliphatic rings. The van der Waals surface area contributed by atoms with Gasteiger partial charge >= 0.3 is 22.2 Å². The van der Waals surface area contributed by atoms with Crippen molar-refractivity contribution in [2.24, 2.45) is 5.92 Å². The lowest BCUT2D eigenvalue weighted by Gasteiger charge is -2.17. The van der Waals surface area contributed by atoms with Crippen LogP contribution in [0.2, 0.25) is 0 Å². The Balaban J connectivity index is 2.36. The Labute approximate surface area is 130 Å². The number of benzene rings is 1. The number of carboxylic acids is 2. The number of carbonyl (C=O) groups is 3. The number of hydrogen-bond acceptors (Lipinski definition) is 5. The summed E-state index contributed by atoms with van der Waals surface area (Å²) in [5, 5.41) is 18.0. The Kier molecular flexibility index (Phi) is 4.37. The molecule has 0 aromatic heterocycles. The lowest BCUT2D eigenvalue weighted by Crippen LogP contribution is -2.26. The van der Waals surface area contributed by atoms with Gasteiger partial charge in [0.2, 0.25) is 5.91 Å². The fourth-order valence-electron chi connectivity index (χ4n) is 2.44. The van der Waals surface area contributed by atoms with E-state index in [9.17, 15) is 26.7 Å². The molecule has 10 heteroatoms. The molecule has 1 fully saturated rings. The molecule has 8 nitrogen and oxygen atoms in total. The molecule has 1 heterocycles. The van der Waals surface area contributed by atoms with Crippen LogP contribution in [0.5, 0.6) is 0 Å². The molecule has 2 rings (SSSR count). The number of hydrogen-bond donors (Lipinski definition) is 2. The van der Waals surface area contributed by atoms with Crippen LogP contribution in [0.1, 0.15) is 27.1 Å². The number of carboxylic acid groups (broad SMARTS) is 2. The summed E-state index contributed by atoms with van der Waals surface area (Å²) in [6.07, 6.45) is -0.219. The quantitative estimate of drug-likeness (QED) is 0.753. The summed E-state index contributed by atoms with van der Waals surface area (Å²) in [7, 11) is -4.75. The van der Waals surface area contributed by atoms with Crippen LogP contribution < -0.4 is 4.90 Å². The molecular formula is C13H12FNO7S. The molecule has 1 atom stereocenters. The van der Waals surface area contributed by atoms with E-state index in [2.05, 4.69) is 0 Å². The summed E-state index contributed by atoms with van der Waals surface area (Å²) >= 11 is 0. The fraction of sp³-hybridized carbons (Fsp3) is 0.308. The second kappa shape index (κ2) is 5.95. The summed E-state index contributed by atoms with van der Waals surface area (Å²) in [5.74, 6) is -4.87. The number of halogens is 1. The third kappa shape index (κ3) is 4.03. The minimum Gasteiger partial charge on any atom is -0.478 e. The van der Waals surface area contributed by atoms with E-state index in [1.807, 2.05) is 0 Å². The summed E-state index contributed by atoms with van der Waals surface area (Å²) in [6.45, 7) is -0.135. The molecule has 0 spiro atoms. The van der Waals surface area contributed by atoms with E-state index in [4.69, 9.17) is 10.2 Å². The number of anilines is 1. The van der Waals surface area contributed by atoms with E-state index in [1.165, 1.54) is 0 Å². The molecule has 1 aromatic carbocycles. The fourth-order valence-corrected chi connectivity index (χ4v) is 3.22. The first-order chi connectivity index (χ1) is 10.6. The van der Waals surface area contributed by atoms with Crippen molar-refractivity contribution >= 4 is 33.8 Å². The molecule has 1 amide bonds. The van der Waals surface area contributed by atoms with Crippen LogP contribution in [0, 0.1) is 5.92 Å². The Morgan fingerprint density at radius 2 is 1.70 bits per heavy atom. The molecule has 1 aliphatic heterocycles. The highest BCUT2D eigenvalue weighted by Gasteiger charge is 2.34. The van der Waals surface area contributed by atoms with E-state index in [0.717, 1.165) is 23.1 Å². The van der Waals surface area contributed by atoms with Gasteiger partial charge in [-0.05, 0) is 18.2 Å². The molecule has 2 N–H and O–H groups in total. The summed E-state index contributed by atoms with van der Waals surface area (Å²) < 4.78 is 34.1. The maximum atomic E-state index is 12.7. The van der Waals surface area contributed by atoms with Crippen molar-refractivity contribution in [2.45, 2.75) is 6.42 Å². The molecule has 1 aromatic rings. The van der Waals surface area contributed by atoms with Crippen molar-refractivity contribution in [2.75, 3.05) is 17.2 Å². The molecule has 23 heavy (non-hydrogen) atoms. The highest BCUT2D eigenvalue weighted by atomic mass is 32.3. The van der Waals surface area contributed by atoms with E-state index >= 15 is 0 Å². The van der Waals surface area contributed by atoms with Gasteiger partial charge in [0.15, 0.2) is 0 Å². The van der Waals surface area contributed by atoms with Crippen LogP contribution in [0.15, 0.2) is 18.2 Å². The van der Waals surface area contributed by atoms with E-state index in [-0.39, 0.29) is 29.8 Å². The molecule has 1 saturated heterocycles. The van der Waals surface area contributed by atoms with Gasteiger partial charge in [-0.2, -0.15) is 8.42 Å². The summed E-state index contributed by atoms with van der Waals surface area (Å²) in [4.78, 5) is 35.1. The molecular weight excluding hydrogens is 333 g/mol. The van der Waals surface area contributed by atoms with E-state index in [1.54, 1.807) is 0 Å². The van der Waals surface area contributed by atoms with Gasteiger partial charge in [0, 0.05) is 24.6 Å². The Morgan fingerprint density at radius 1 is 1.17 bits per heavy atom. The molecule has 0 aliphatic carbocycles. The van der Waals surface area contributed by atoms with Gasteiger partial charge in [-0.25, -0.2) is 9.59 Å². The Morgan fingerprint density at radius 3 is 2.13 bits per heavy atom. The lowest BCUT2D eigenvalue weighted by atomic mass is 10.1. The van der Waals surface area contributed by atoms with Crippen molar-refractivity contribution in [3.05, 3.63) is 29.3 Å². The molecule has 1 unspecified atom stereocenters. The number of carbonyl (C=O) groups excluding carboxylic acids is 1. The lowest BCUT2D eigenvalue weighted by molar-refractivity contribution is -0.117. The normalized spacial score (nSPS) is 18.2. The molecule has 0 bridgehead atoms. The summed E-state index contributed by atoms with van der Waals surface area (Å²) in [5.41, 5.74) is -0.630. The van der Waals surface area contributed by atoms with Crippen LogP contribution in [-0.4, -0.2) is 48.8 Å². The smallest absolute Gasteiger partial charge is 0.335 e. The maximum Gasteiger partial charge on any atom is 0.335 e. The van der Waals surface area contributed by atoms with Gasteiger partial charge in [-0.15, -0.1) is 3.89 Å². The molecule has 0 saturated carbocycles. The Hall–Kier alpha value is -2.49. The maximum absolute atomic E-state index is 12.7. The van der Waals surface area contributed by atoms with Crippen LogP contribution in [-0.2, 0) is 15.0 Å². The van der Waals surface area contributed by atoms with Crippen molar-refractivity contribution in [1.82, 2.24) is 0 Å². The van der Waals surface area contributed by atoms with Gasteiger partial charge in [-0.3, -0.25) is 4.79 Å². The van der Waals surface area contributed by atoms with Crippen molar-refractivity contribution in [3.63, 3.8) is 0 Å². The highest BCUT2D eigenvalue weighted by molar-refractivity contribution is 7.86. The largest absolute Gasteiger partial charge is 0.478 e. The SMILES string of the molecule is O=C(O)c1cc(C(=O)O)cc(N2CC(CS(=O)(=O)F)CC2=O)c1. The number of amides is 1. The minimum absolute atomic E-state index is 0.0195. The average molecular weight is 345 g/mol. The second-order valence-electron chi connectivity index (χ2n) is 5.16. The number of nitrogens with zero attached hydrogens (tertiary/aromatic N) is 1. The second-order valence-corrected chi connectivity index (χ2v) is 6.57. The number of aromatic carboxylic acids is 2. The average Bonchev–Trinajstić information content (AvgIpc) is 2.76. The van der Waals surface area contributed by atoms with E-state index in [0.29, 0.717) is 0 Å². The zero-order valence-electron chi connectivity index (χ0n) is 11.6. The monoisotopic (exact) mass is 345 g/mol. The van der Waals surface area contributed by atoms with Crippen molar-refractivity contribution < 1.29 is 36.9 Å². The molecule has 0 radical (unpaired) electrons. The zero-order valence-corrected chi connectivity index (χ0v) is 12.4. The molecule has 124 valence electrons.